The molecular weight excluding hydrogens is 401 g/mol. The predicted molar refractivity (Wildman–Crippen MR) is 112 cm³/mol. The lowest BCUT2D eigenvalue weighted by atomic mass is 10.2. The van der Waals surface area contributed by atoms with Gasteiger partial charge in [0.15, 0.2) is 0 Å². The second-order valence-electron chi connectivity index (χ2n) is 6.41. The summed E-state index contributed by atoms with van der Waals surface area (Å²) in [5.74, 6) is -1.42. The van der Waals surface area contributed by atoms with E-state index >= 15 is 0 Å². The van der Waals surface area contributed by atoms with Gasteiger partial charge in [0.05, 0.1) is 6.26 Å². The second kappa shape index (κ2) is 10.5. The molecule has 0 aliphatic rings. The predicted octanol–water partition coefficient (Wildman–Crippen LogP) is 2.74. The molecule has 1 heterocycles. The fourth-order valence-corrected chi connectivity index (χ4v) is 2.61. The Kier molecular flexibility index (Phi) is 7.31. The van der Waals surface area contributed by atoms with Crippen molar-refractivity contribution in [2.75, 3.05) is 13.1 Å². The van der Waals surface area contributed by atoms with E-state index < -0.39 is 23.5 Å². The Hall–Kier alpha value is -4.20. The van der Waals surface area contributed by atoms with Crippen LogP contribution in [0.25, 0.3) is 6.08 Å². The van der Waals surface area contributed by atoms with E-state index in [4.69, 9.17) is 4.42 Å². The van der Waals surface area contributed by atoms with Gasteiger partial charge in [-0.15, -0.1) is 0 Å². The van der Waals surface area contributed by atoms with Gasteiger partial charge >= 0.3 is 0 Å². The first-order valence-electron chi connectivity index (χ1n) is 9.46. The minimum Gasteiger partial charge on any atom is -0.465 e. The molecule has 8 heteroatoms. The van der Waals surface area contributed by atoms with Crippen molar-refractivity contribution in [3.63, 3.8) is 0 Å². The highest BCUT2D eigenvalue weighted by atomic mass is 19.1. The van der Waals surface area contributed by atoms with Gasteiger partial charge in [-0.3, -0.25) is 14.4 Å². The van der Waals surface area contributed by atoms with E-state index in [1.54, 1.807) is 42.5 Å². The van der Waals surface area contributed by atoms with Gasteiger partial charge in [-0.2, -0.15) is 0 Å². The third kappa shape index (κ3) is 6.40. The summed E-state index contributed by atoms with van der Waals surface area (Å²) >= 11 is 0. The Morgan fingerprint density at radius 2 is 1.48 bits per heavy atom. The number of amides is 3. The molecule has 3 amide bonds. The number of furan rings is 1. The van der Waals surface area contributed by atoms with Crippen LogP contribution < -0.4 is 16.0 Å². The number of rotatable bonds is 8. The van der Waals surface area contributed by atoms with Gasteiger partial charge in [0.25, 0.3) is 17.7 Å². The molecular formula is C23H20FN3O4. The van der Waals surface area contributed by atoms with Crippen molar-refractivity contribution in [1.29, 1.82) is 0 Å². The highest BCUT2D eigenvalue weighted by molar-refractivity contribution is 6.05. The van der Waals surface area contributed by atoms with Crippen molar-refractivity contribution in [2.45, 2.75) is 0 Å². The van der Waals surface area contributed by atoms with Crippen molar-refractivity contribution in [3.05, 3.63) is 101 Å². The lowest BCUT2D eigenvalue weighted by Gasteiger charge is -2.11. The molecule has 0 unspecified atom stereocenters. The number of nitrogens with one attached hydrogen (secondary N) is 3. The van der Waals surface area contributed by atoms with Gasteiger partial charge < -0.3 is 20.4 Å². The van der Waals surface area contributed by atoms with Gasteiger partial charge in [0, 0.05) is 30.3 Å². The number of hydrogen-bond acceptors (Lipinski definition) is 4. The highest BCUT2D eigenvalue weighted by Crippen LogP contribution is 2.08. The molecule has 0 saturated heterocycles. The van der Waals surface area contributed by atoms with Gasteiger partial charge in [-0.1, -0.05) is 18.2 Å². The maximum absolute atomic E-state index is 12.9. The van der Waals surface area contributed by atoms with Gasteiger partial charge in [-0.05, 0) is 48.5 Å². The normalized spacial score (nSPS) is 10.9. The molecule has 158 valence electrons. The van der Waals surface area contributed by atoms with E-state index in [-0.39, 0.29) is 18.8 Å². The molecule has 0 spiro atoms. The molecule has 31 heavy (non-hydrogen) atoms. The summed E-state index contributed by atoms with van der Waals surface area (Å²) in [6.45, 7) is 0.255. The molecule has 0 atom stereocenters. The minimum absolute atomic E-state index is 0.00587. The average molecular weight is 421 g/mol. The number of carbonyl (C=O) groups is 3. The Bertz CT molecular complexity index is 1060. The average Bonchev–Trinajstić information content (AvgIpc) is 3.30. The van der Waals surface area contributed by atoms with Crippen LogP contribution in [0.5, 0.6) is 0 Å². The van der Waals surface area contributed by atoms with E-state index in [9.17, 15) is 18.8 Å². The maximum atomic E-state index is 12.9. The Labute approximate surface area is 178 Å². The monoisotopic (exact) mass is 421 g/mol. The molecule has 3 aromatic rings. The summed E-state index contributed by atoms with van der Waals surface area (Å²) in [5, 5.41) is 7.83. The summed E-state index contributed by atoms with van der Waals surface area (Å²) in [6, 6.07) is 16.9. The maximum Gasteiger partial charge on any atom is 0.268 e. The molecule has 1 aromatic heterocycles. The summed E-state index contributed by atoms with van der Waals surface area (Å²) in [4.78, 5) is 37.1. The number of halogens is 1. The Morgan fingerprint density at radius 1 is 0.806 bits per heavy atom. The summed E-state index contributed by atoms with van der Waals surface area (Å²) in [7, 11) is 0. The highest BCUT2D eigenvalue weighted by Gasteiger charge is 2.15. The molecule has 0 fully saturated rings. The van der Waals surface area contributed by atoms with Crippen molar-refractivity contribution in [1.82, 2.24) is 16.0 Å². The first-order valence-corrected chi connectivity index (χ1v) is 9.46. The standard InChI is InChI=1S/C23H20FN3O4/c24-18-10-8-17(9-11-18)21(28)25-12-13-26-23(30)20(15-19-7-4-14-31-19)27-22(29)16-5-2-1-3-6-16/h1-11,14-15H,12-13H2,(H,25,28)(H,26,30)(H,27,29). The first kappa shape index (κ1) is 21.5. The third-order valence-corrected chi connectivity index (χ3v) is 4.16. The molecule has 2 aromatic carbocycles. The Balaban J connectivity index is 1.57. The van der Waals surface area contributed by atoms with Crippen LogP contribution in [0.3, 0.4) is 0 Å². The third-order valence-electron chi connectivity index (χ3n) is 4.16. The number of carbonyl (C=O) groups excluding carboxylic acids is 3. The van der Waals surface area contributed by atoms with Crippen molar-refractivity contribution >= 4 is 23.8 Å². The van der Waals surface area contributed by atoms with Crippen LogP contribution in [0.1, 0.15) is 26.5 Å². The topological polar surface area (TPSA) is 100 Å². The minimum atomic E-state index is -0.545. The molecule has 0 bridgehead atoms. The first-order chi connectivity index (χ1) is 15.0. The fraction of sp³-hybridized carbons (Fsp3) is 0.0870. The van der Waals surface area contributed by atoms with Crippen LogP contribution in [-0.2, 0) is 4.79 Å². The van der Waals surface area contributed by atoms with Crippen LogP contribution in [0, 0.1) is 5.82 Å². The van der Waals surface area contributed by atoms with Crippen molar-refractivity contribution in [3.8, 4) is 0 Å². The van der Waals surface area contributed by atoms with E-state index in [2.05, 4.69) is 16.0 Å². The molecule has 3 rings (SSSR count). The zero-order valence-corrected chi connectivity index (χ0v) is 16.4. The van der Waals surface area contributed by atoms with Crippen LogP contribution in [-0.4, -0.2) is 30.8 Å². The van der Waals surface area contributed by atoms with E-state index in [0.29, 0.717) is 16.9 Å². The summed E-state index contributed by atoms with van der Waals surface area (Å²) < 4.78 is 18.2. The zero-order valence-electron chi connectivity index (χ0n) is 16.4. The van der Waals surface area contributed by atoms with E-state index in [1.165, 1.54) is 36.6 Å². The zero-order chi connectivity index (χ0) is 22.1. The van der Waals surface area contributed by atoms with Gasteiger partial charge in [0.1, 0.15) is 17.3 Å². The molecule has 0 aliphatic heterocycles. The van der Waals surface area contributed by atoms with Crippen LogP contribution in [0.2, 0.25) is 0 Å². The van der Waals surface area contributed by atoms with Crippen LogP contribution in [0.4, 0.5) is 4.39 Å². The summed E-state index contributed by atoms with van der Waals surface area (Å²) in [5.41, 5.74) is 0.696. The van der Waals surface area contributed by atoms with E-state index in [1.807, 2.05) is 0 Å². The van der Waals surface area contributed by atoms with Crippen LogP contribution >= 0.6 is 0 Å². The van der Waals surface area contributed by atoms with E-state index in [0.717, 1.165) is 0 Å². The largest absolute Gasteiger partial charge is 0.465 e. The molecule has 7 nitrogen and oxygen atoms in total. The molecule has 0 saturated carbocycles. The van der Waals surface area contributed by atoms with Crippen LogP contribution in [0.15, 0.2) is 83.1 Å². The smallest absolute Gasteiger partial charge is 0.268 e. The lowest BCUT2D eigenvalue weighted by Crippen LogP contribution is -2.39. The van der Waals surface area contributed by atoms with Crippen molar-refractivity contribution < 1.29 is 23.2 Å². The lowest BCUT2D eigenvalue weighted by molar-refractivity contribution is -0.117. The van der Waals surface area contributed by atoms with Crippen molar-refractivity contribution in [2.24, 2.45) is 0 Å². The van der Waals surface area contributed by atoms with Gasteiger partial charge in [-0.25, -0.2) is 4.39 Å². The second-order valence-corrected chi connectivity index (χ2v) is 6.41. The quantitative estimate of drug-likeness (QED) is 0.385. The summed E-state index contributed by atoms with van der Waals surface area (Å²) in [6.07, 6.45) is 2.86. The number of hydrogen-bond donors (Lipinski definition) is 3. The van der Waals surface area contributed by atoms with Gasteiger partial charge in [0.2, 0.25) is 0 Å². The molecule has 0 aliphatic carbocycles. The Morgan fingerprint density at radius 3 is 2.16 bits per heavy atom. The number of benzene rings is 2. The molecule has 3 N–H and O–H groups in total. The SMILES string of the molecule is O=C(NCCNC(=O)c1ccc(F)cc1)C(=Cc1ccco1)NC(=O)c1ccccc1. The molecule has 0 radical (unpaired) electrons. The fourth-order valence-electron chi connectivity index (χ4n) is 2.61.